The summed E-state index contributed by atoms with van der Waals surface area (Å²) in [5.41, 5.74) is 3.75. The Morgan fingerprint density at radius 3 is 2.37 bits per heavy atom. The standard InChI is InChI=1S/C17H13N5O.C2HF3O2/c23-17(19-13-6-7-14-12(8-13)10-18-20-14)16-9-15(21-22-16)11-4-2-1-3-5-11;3-2(4,5)1(6)7/h1-10H,(H,18,20)(H,19,23)(H,21,22);(H,6,7). The topological polar surface area (TPSA) is 124 Å². The highest BCUT2D eigenvalue weighted by Crippen LogP contribution is 2.19. The van der Waals surface area contributed by atoms with E-state index in [1.807, 2.05) is 48.5 Å². The van der Waals surface area contributed by atoms with Crippen LogP contribution in [0.5, 0.6) is 0 Å². The molecule has 0 fully saturated rings. The number of amides is 1. The molecule has 0 atom stereocenters. The average molecular weight is 417 g/mol. The number of carbonyl (C=O) groups is 2. The molecule has 2 heterocycles. The van der Waals surface area contributed by atoms with E-state index in [2.05, 4.69) is 25.7 Å². The third kappa shape index (κ3) is 5.01. The van der Waals surface area contributed by atoms with Gasteiger partial charge in [0.25, 0.3) is 5.91 Å². The molecule has 154 valence electrons. The van der Waals surface area contributed by atoms with Crippen molar-refractivity contribution in [1.82, 2.24) is 20.4 Å². The third-order valence-corrected chi connectivity index (χ3v) is 3.83. The number of benzene rings is 2. The minimum atomic E-state index is -5.08. The molecule has 0 saturated heterocycles. The summed E-state index contributed by atoms with van der Waals surface area (Å²) in [6, 6.07) is 17.0. The second-order valence-corrected chi connectivity index (χ2v) is 5.96. The van der Waals surface area contributed by atoms with Gasteiger partial charge in [0, 0.05) is 16.6 Å². The van der Waals surface area contributed by atoms with Crippen molar-refractivity contribution < 1.29 is 27.9 Å². The molecule has 11 heteroatoms. The SMILES string of the molecule is O=C(Nc1ccc2[nH]ncc2c1)c1cc(-c2ccccc2)n[nH]1.O=C(O)C(F)(F)F. The number of fused-ring (bicyclic) bond motifs is 1. The van der Waals surface area contributed by atoms with Gasteiger partial charge in [0.15, 0.2) is 0 Å². The molecule has 0 spiro atoms. The number of nitrogens with one attached hydrogen (secondary N) is 3. The quantitative estimate of drug-likeness (QED) is 0.403. The predicted molar refractivity (Wildman–Crippen MR) is 102 cm³/mol. The lowest BCUT2D eigenvalue weighted by molar-refractivity contribution is -0.192. The average Bonchev–Trinajstić information content (AvgIpc) is 3.38. The number of hydrogen-bond donors (Lipinski definition) is 4. The van der Waals surface area contributed by atoms with E-state index in [1.54, 1.807) is 12.3 Å². The molecule has 1 amide bonds. The smallest absolute Gasteiger partial charge is 0.475 e. The van der Waals surface area contributed by atoms with E-state index >= 15 is 0 Å². The Kier molecular flexibility index (Phi) is 5.81. The first-order valence-electron chi connectivity index (χ1n) is 8.39. The molecule has 4 aromatic rings. The monoisotopic (exact) mass is 417 g/mol. The number of aliphatic carboxylic acids is 1. The summed E-state index contributed by atoms with van der Waals surface area (Å²) in [5.74, 6) is -2.99. The highest BCUT2D eigenvalue weighted by atomic mass is 19.4. The zero-order valence-corrected chi connectivity index (χ0v) is 15.1. The van der Waals surface area contributed by atoms with Crippen molar-refractivity contribution in [2.24, 2.45) is 0 Å². The second-order valence-electron chi connectivity index (χ2n) is 5.96. The fraction of sp³-hybridized carbons (Fsp3) is 0.0526. The van der Waals surface area contributed by atoms with Crippen LogP contribution in [-0.2, 0) is 4.79 Å². The molecule has 0 unspecified atom stereocenters. The number of aromatic amines is 2. The number of nitrogens with zero attached hydrogens (tertiary/aromatic N) is 2. The number of halogens is 3. The molecule has 8 nitrogen and oxygen atoms in total. The molecule has 0 aliphatic heterocycles. The normalized spacial score (nSPS) is 10.9. The molecule has 2 aromatic carbocycles. The first-order valence-corrected chi connectivity index (χ1v) is 8.39. The fourth-order valence-electron chi connectivity index (χ4n) is 2.41. The van der Waals surface area contributed by atoms with Crippen molar-refractivity contribution in [2.45, 2.75) is 6.18 Å². The zero-order valence-electron chi connectivity index (χ0n) is 15.1. The van der Waals surface area contributed by atoms with Crippen molar-refractivity contribution in [3.63, 3.8) is 0 Å². The summed E-state index contributed by atoms with van der Waals surface area (Å²) in [5, 5.41) is 24.7. The predicted octanol–water partition coefficient (Wildman–Crippen LogP) is 3.84. The number of H-pyrrole nitrogens is 2. The van der Waals surface area contributed by atoms with Crippen molar-refractivity contribution in [3.8, 4) is 11.3 Å². The molecule has 4 rings (SSSR count). The summed E-state index contributed by atoms with van der Waals surface area (Å²) in [6.07, 6.45) is -3.37. The van der Waals surface area contributed by atoms with Crippen LogP contribution >= 0.6 is 0 Å². The summed E-state index contributed by atoms with van der Waals surface area (Å²) in [6.45, 7) is 0. The Morgan fingerprint density at radius 1 is 1.00 bits per heavy atom. The fourth-order valence-corrected chi connectivity index (χ4v) is 2.41. The van der Waals surface area contributed by atoms with Crippen molar-refractivity contribution >= 4 is 28.5 Å². The second kappa shape index (κ2) is 8.47. The molecule has 0 radical (unpaired) electrons. The number of alkyl halides is 3. The number of carboxylic acid groups (broad SMARTS) is 1. The maximum atomic E-state index is 12.3. The van der Waals surface area contributed by atoms with E-state index < -0.39 is 12.1 Å². The van der Waals surface area contributed by atoms with Gasteiger partial charge in [-0.3, -0.25) is 15.0 Å². The minimum Gasteiger partial charge on any atom is -0.475 e. The molecule has 0 aliphatic rings. The molecule has 2 aromatic heterocycles. The number of anilines is 1. The Morgan fingerprint density at radius 2 is 1.70 bits per heavy atom. The lowest BCUT2D eigenvalue weighted by Gasteiger charge is -2.03. The van der Waals surface area contributed by atoms with E-state index in [-0.39, 0.29) is 5.91 Å². The van der Waals surface area contributed by atoms with E-state index in [0.29, 0.717) is 11.4 Å². The number of carbonyl (C=O) groups excluding carboxylic acids is 1. The number of hydrogen-bond acceptors (Lipinski definition) is 4. The maximum absolute atomic E-state index is 12.3. The Hall–Kier alpha value is -4.15. The molecular weight excluding hydrogens is 403 g/mol. The lowest BCUT2D eigenvalue weighted by atomic mass is 10.1. The summed E-state index contributed by atoms with van der Waals surface area (Å²) in [4.78, 5) is 21.2. The lowest BCUT2D eigenvalue weighted by Crippen LogP contribution is -2.21. The highest BCUT2D eigenvalue weighted by molar-refractivity contribution is 6.04. The molecule has 30 heavy (non-hydrogen) atoms. The molecule has 4 N–H and O–H groups in total. The Labute approximate surface area is 166 Å². The van der Waals surface area contributed by atoms with E-state index in [0.717, 1.165) is 22.2 Å². The van der Waals surface area contributed by atoms with Crippen LogP contribution in [0.2, 0.25) is 0 Å². The van der Waals surface area contributed by atoms with Gasteiger partial charge in [-0.2, -0.15) is 23.4 Å². The van der Waals surface area contributed by atoms with Crippen LogP contribution < -0.4 is 5.32 Å². The Balaban J connectivity index is 0.000000318. The molecule has 0 aliphatic carbocycles. The highest BCUT2D eigenvalue weighted by Gasteiger charge is 2.38. The van der Waals surface area contributed by atoms with Gasteiger partial charge in [0.05, 0.1) is 17.4 Å². The van der Waals surface area contributed by atoms with Gasteiger partial charge in [-0.15, -0.1) is 0 Å². The van der Waals surface area contributed by atoms with E-state index in [9.17, 15) is 18.0 Å². The number of carboxylic acids is 1. The van der Waals surface area contributed by atoms with Gasteiger partial charge >= 0.3 is 12.1 Å². The number of rotatable bonds is 3. The molecule has 0 saturated carbocycles. The zero-order chi connectivity index (χ0) is 21.7. The number of aromatic nitrogens is 4. The summed E-state index contributed by atoms with van der Waals surface area (Å²) < 4.78 is 31.7. The third-order valence-electron chi connectivity index (χ3n) is 3.83. The first kappa shape index (κ1) is 20.6. The van der Waals surface area contributed by atoms with Gasteiger partial charge in [-0.05, 0) is 24.3 Å². The summed E-state index contributed by atoms with van der Waals surface area (Å²) in [7, 11) is 0. The van der Waals surface area contributed by atoms with Crippen molar-refractivity contribution in [1.29, 1.82) is 0 Å². The van der Waals surface area contributed by atoms with Crippen LogP contribution in [-0.4, -0.2) is 43.6 Å². The van der Waals surface area contributed by atoms with Crippen LogP contribution in [0.3, 0.4) is 0 Å². The van der Waals surface area contributed by atoms with Crippen LogP contribution in [0.25, 0.3) is 22.2 Å². The molecule has 0 bridgehead atoms. The Bertz CT molecular complexity index is 1170. The van der Waals surface area contributed by atoms with Gasteiger partial charge in [-0.1, -0.05) is 30.3 Å². The van der Waals surface area contributed by atoms with Crippen LogP contribution in [0.15, 0.2) is 60.8 Å². The minimum absolute atomic E-state index is 0.234. The van der Waals surface area contributed by atoms with Crippen LogP contribution in [0.1, 0.15) is 10.5 Å². The van der Waals surface area contributed by atoms with E-state index in [4.69, 9.17) is 9.90 Å². The van der Waals surface area contributed by atoms with E-state index in [1.165, 1.54) is 0 Å². The first-order chi connectivity index (χ1) is 14.2. The van der Waals surface area contributed by atoms with Crippen molar-refractivity contribution in [3.05, 3.63) is 66.5 Å². The molecular formula is C19H14F3N5O3. The van der Waals surface area contributed by atoms with Crippen molar-refractivity contribution in [2.75, 3.05) is 5.32 Å². The summed E-state index contributed by atoms with van der Waals surface area (Å²) >= 11 is 0. The van der Waals surface area contributed by atoms with Gasteiger partial charge < -0.3 is 10.4 Å². The van der Waals surface area contributed by atoms with Gasteiger partial charge in [0.2, 0.25) is 0 Å². The largest absolute Gasteiger partial charge is 0.490 e. The maximum Gasteiger partial charge on any atom is 0.490 e. The van der Waals surface area contributed by atoms with Crippen LogP contribution in [0.4, 0.5) is 18.9 Å². The van der Waals surface area contributed by atoms with Gasteiger partial charge in [0.1, 0.15) is 5.69 Å². The van der Waals surface area contributed by atoms with Crippen LogP contribution in [0, 0.1) is 0 Å². The van der Waals surface area contributed by atoms with Gasteiger partial charge in [-0.25, -0.2) is 4.79 Å².